The van der Waals surface area contributed by atoms with Gasteiger partial charge in [0, 0.05) is 12.6 Å². The molecule has 1 rings (SSSR count). The van der Waals surface area contributed by atoms with Crippen LogP contribution < -0.4 is 5.32 Å². The number of rotatable bonds is 6. The topological polar surface area (TPSA) is 79.2 Å². The van der Waals surface area contributed by atoms with Gasteiger partial charge < -0.3 is 10.1 Å². The number of esters is 1. The third kappa shape index (κ3) is 6.36. The van der Waals surface area contributed by atoms with E-state index in [1.54, 1.807) is 12.1 Å². The van der Waals surface area contributed by atoms with Gasteiger partial charge in [0.15, 0.2) is 6.10 Å². The Morgan fingerprint density at radius 2 is 2.10 bits per heavy atom. The molecule has 0 unspecified atom stereocenters. The van der Waals surface area contributed by atoms with Gasteiger partial charge >= 0.3 is 5.97 Å². The van der Waals surface area contributed by atoms with E-state index < -0.39 is 12.1 Å². The third-order valence-corrected chi connectivity index (χ3v) is 2.35. The van der Waals surface area contributed by atoms with Gasteiger partial charge in [0.25, 0.3) is 0 Å². The van der Waals surface area contributed by atoms with Crippen molar-refractivity contribution in [3.05, 3.63) is 42.0 Å². The fourth-order valence-corrected chi connectivity index (χ4v) is 1.37. The number of ether oxygens (including phenoxy) is 1. The van der Waals surface area contributed by atoms with E-state index >= 15 is 0 Å². The Bertz CT molecular complexity index is 518. The Hall–Kier alpha value is -2.61. The molecule has 0 radical (unpaired) electrons. The molecular formula is C15H16N2O3. The van der Waals surface area contributed by atoms with Crippen molar-refractivity contribution < 1.29 is 14.3 Å². The van der Waals surface area contributed by atoms with E-state index in [4.69, 9.17) is 10.00 Å². The molecule has 0 heterocycles. The van der Waals surface area contributed by atoms with Crippen LogP contribution in [-0.4, -0.2) is 24.5 Å². The van der Waals surface area contributed by atoms with Gasteiger partial charge in [-0.3, -0.25) is 9.59 Å². The molecule has 1 N–H and O–H groups in total. The minimum absolute atomic E-state index is 0.0386. The molecule has 1 aromatic rings. The first-order chi connectivity index (χ1) is 9.61. The van der Waals surface area contributed by atoms with Crippen LogP contribution in [0.3, 0.4) is 0 Å². The van der Waals surface area contributed by atoms with E-state index in [0.717, 1.165) is 5.56 Å². The summed E-state index contributed by atoms with van der Waals surface area (Å²) >= 11 is 0. The molecule has 1 aromatic carbocycles. The van der Waals surface area contributed by atoms with Gasteiger partial charge in [0.2, 0.25) is 5.91 Å². The van der Waals surface area contributed by atoms with Gasteiger partial charge in [0.05, 0.1) is 6.42 Å². The summed E-state index contributed by atoms with van der Waals surface area (Å²) < 4.78 is 4.74. The molecule has 0 aromatic heterocycles. The molecule has 0 saturated heterocycles. The van der Waals surface area contributed by atoms with Crippen molar-refractivity contribution in [1.29, 1.82) is 5.26 Å². The van der Waals surface area contributed by atoms with Crippen LogP contribution in [0.25, 0.3) is 6.08 Å². The molecule has 1 amide bonds. The van der Waals surface area contributed by atoms with Crippen LogP contribution in [0.15, 0.2) is 36.4 Å². The lowest BCUT2D eigenvalue weighted by atomic mass is 10.2. The van der Waals surface area contributed by atoms with Gasteiger partial charge in [-0.15, -0.1) is 0 Å². The molecular weight excluding hydrogens is 256 g/mol. The molecule has 0 saturated carbocycles. The minimum atomic E-state index is -0.767. The zero-order chi connectivity index (χ0) is 14.8. The standard InChI is InChI=1S/C15H16N2O3/c1-12(11-16)20-15(19)9-10-17-14(18)8-7-13-5-3-2-4-6-13/h2-8,12H,9-10H2,1H3,(H,17,18)/b8-7+/t12-/m1/s1. The van der Waals surface area contributed by atoms with Gasteiger partial charge in [-0.25, -0.2) is 0 Å². The molecule has 0 fully saturated rings. The molecule has 0 spiro atoms. The SMILES string of the molecule is C[C@H](C#N)OC(=O)CCNC(=O)/C=C/c1ccccc1. The van der Waals surface area contributed by atoms with E-state index in [2.05, 4.69) is 5.32 Å². The Morgan fingerprint density at radius 1 is 1.40 bits per heavy atom. The molecule has 1 atom stereocenters. The van der Waals surface area contributed by atoms with E-state index in [1.807, 2.05) is 30.3 Å². The van der Waals surface area contributed by atoms with Gasteiger partial charge in [0.1, 0.15) is 6.07 Å². The average molecular weight is 272 g/mol. The Labute approximate surface area is 117 Å². The highest BCUT2D eigenvalue weighted by Gasteiger charge is 2.08. The van der Waals surface area contributed by atoms with Crippen molar-refractivity contribution in [2.45, 2.75) is 19.4 Å². The zero-order valence-electron chi connectivity index (χ0n) is 11.2. The quantitative estimate of drug-likeness (QED) is 0.631. The van der Waals surface area contributed by atoms with Crippen LogP contribution in [-0.2, 0) is 14.3 Å². The Kier molecular flexibility index (Phi) is 6.55. The molecule has 0 aliphatic rings. The molecule has 0 aliphatic carbocycles. The second-order valence-electron chi connectivity index (χ2n) is 4.05. The maximum Gasteiger partial charge on any atom is 0.308 e. The number of amides is 1. The second kappa shape index (κ2) is 8.48. The monoisotopic (exact) mass is 272 g/mol. The average Bonchev–Trinajstić information content (AvgIpc) is 2.46. The summed E-state index contributed by atoms with van der Waals surface area (Å²) in [6.07, 6.45) is 2.36. The number of nitrogens with zero attached hydrogens (tertiary/aromatic N) is 1. The predicted molar refractivity (Wildman–Crippen MR) is 74.3 cm³/mol. The third-order valence-electron chi connectivity index (χ3n) is 2.35. The number of nitrogens with one attached hydrogen (secondary N) is 1. The van der Waals surface area contributed by atoms with Gasteiger partial charge in [-0.2, -0.15) is 5.26 Å². The molecule has 20 heavy (non-hydrogen) atoms. The summed E-state index contributed by atoms with van der Waals surface area (Å²) in [5.41, 5.74) is 0.921. The highest BCUT2D eigenvalue weighted by molar-refractivity contribution is 5.91. The first kappa shape index (κ1) is 15.4. The number of hydrogen-bond donors (Lipinski definition) is 1. The van der Waals surface area contributed by atoms with Crippen LogP contribution in [0.2, 0.25) is 0 Å². The largest absolute Gasteiger partial charge is 0.447 e. The van der Waals surface area contributed by atoms with Crippen molar-refractivity contribution in [3.8, 4) is 6.07 Å². The Balaban J connectivity index is 2.26. The summed E-state index contributed by atoms with van der Waals surface area (Å²) in [5.74, 6) is -0.790. The summed E-state index contributed by atoms with van der Waals surface area (Å²) in [6, 6.07) is 11.2. The highest BCUT2D eigenvalue weighted by atomic mass is 16.5. The van der Waals surface area contributed by atoms with Crippen LogP contribution >= 0.6 is 0 Å². The van der Waals surface area contributed by atoms with E-state index in [9.17, 15) is 9.59 Å². The van der Waals surface area contributed by atoms with Crippen molar-refractivity contribution in [3.63, 3.8) is 0 Å². The fraction of sp³-hybridized carbons (Fsp3) is 0.267. The molecule has 5 heteroatoms. The van der Waals surface area contributed by atoms with Crippen LogP contribution in [0.5, 0.6) is 0 Å². The van der Waals surface area contributed by atoms with Crippen molar-refractivity contribution in [2.24, 2.45) is 0 Å². The molecule has 104 valence electrons. The van der Waals surface area contributed by atoms with Crippen molar-refractivity contribution >= 4 is 18.0 Å². The number of hydrogen-bond acceptors (Lipinski definition) is 4. The lowest BCUT2D eigenvalue weighted by Gasteiger charge is -2.05. The Morgan fingerprint density at radius 3 is 2.75 bits per heavy atom. The number of nitriles is 1. The zero-order valence-corrected chi connectivity index (χ0v) is 11.2. The summed E-state index contributed by atoms with van der Waals surface area (Å²) in [5, 5.41) is 11.0. The number of carbonyl (C=O) groups excluding carboxylic acids is 2. The van der Waals surface area contributed by atoms with E-state index in [0.29, 0.717) is 0 Å². The second-order valence-corrected chi connectivity index (χ2v) is 4.05. The molecule has 0 bridgehead atoms. The van der Waals surface area contributed by atoms with Crippen LogP contribution in [0.1, 0.15) is 18.9 Å². The number of benzene rings is 1. The lowest BCUT2D eigenvalue weighted by molar-refractivity contribution is -0.145. The maximum atomic E-state index is 11.5. The van der Waals surface area contributed by atoms with Gasteiger partial charge in [-0.1, -0.05) is 30.3 Å². The highest BCUT2D eigenvalue weighted by Crippen LogP contribution is 2.00. The smallest absolute Gasteiger partial charge is 0.308 e. The lowest BCUT2D eigenvalue weighted by Crippen LogP contribution is -2.25. The van der Waals surface area contributed by atoms with Crippen molar-refractivity contribution in [2.75, 3.05) is 6.54 Å². The predicted octanol–water partition coefficient (Wildman–Crippen LogP) is 1.66. The number of carbonyl (C=O) groups is 2. The molecule has 0 aliphatic heterocycles. The fourth-order valence-electron chi connectivity index (χ4n) is 1.37. The summed E-state index contributed by atoms with van der Waals surface area (Å²) in [4.78, 5) is 22.7. The van der Waals surface area contributed by atoms with Crippen LogP contribution in [0.4, 0.5) is 0 Å². The normalized spacial score (nSPS) is 11.6. The van der Waals surface area contributed by atoms with Gasteiger partial charge in [-0.05, 0) is 18.6 Å². The van der Waals surface area contributed by atoms with Crippen molar-refractivity contribution in [1.82, 2.24) is 5.32 Å². The first-order valence-electron chi connectivity index (χ1n) is 6.22. The summed E-state index contributed by atoms with van der Waals surface area (Å²) in [7, 11) is 0. The molecule has 5 nitrogen and oxygen atoms in total. The summed E-state index contributed by atoms with van der Waals surface area (Å²) in [6.45, 7) is 1.66. The minimum Gasteiger partial charge on any atom is -0.447 e. The van der Waals surface area contributed by atoms with Crippen LogP contribution in [0, 0.1) is 11.3 Å². The van der Waals surface area contributed by atoms with E-state index in [1.165, 1.54) is 13.0 Å². The first-order valence-corrected chi connectivity index (χ1v) is 6.22. The van der Waals surface area contributed by atoms with E-state index in [-0.39, 0.29) is 18.9 Å². The maximum absolute atomic E-state index is 11.5.